The van der Waals surface area contributed by atoms with E-state index in [0.29, 0.717) is 18.8 Å². The fourth-order valence-electron chi connectivity index (χ4n) is 4.05. The van der Waals surface area contributed by atoms with Crippen molar-refractivity contribution in [2.75, 3.05) is 13.2 Å². The number of rotatable bonds is 12. The number of hydrogen-bond acceptors (Lipinski definition) is 6. The first-order chi connectivity index (χ1) is 14.7. The molecule has 0 aromatic heterocycles. The predicted molar refractivity (Wildman–Crippen MR) is 121 cm³/mol. The average molecular weight is 437 g/mol. The highest BCUT2D eigenvalue weighted by Crippen LogP contribution is 2.30. The summed E-state index contributed by atoms with van der Waals surface area (Å²) < 4.78 is 11.3. The maximum atomic E-state index is 12.4. The molecule has 0 bridgehead atoms. The van der Waals surface area contributed by atoms with Crippen molar-refractivity contribution in [2.24, 2.45) is 17.8 Å². The van der Waals surface area contributed by atoms with E-state index in [1.54, 1.807) is 6.08 Å². The van der Waals surface area contributed by atoms with E-state index in [1.165, 1.54) is 11.6 Å². The molecule has 0 unspecified atom stereocenters. The van der Waals surface area contributed by atoms with Crippen molar-refractivity contribution in [1.82, 2.24) is 0 Å². The second kappa shape index (κ2) is 14.2. The van der Waals surface area contributed by atoms with Crippen molar-refractivity contribution in [3.8, 4) is 0 Å². The number of hydrogen-bond donors (Lipinski definition) is 2. The summed E-state index contributed by atoms with van der Waals surface area (Å²) in [7, 11) is 0. The van der Waals surface area contributed by atoms with Gasteiger partial charge in [-0.3, -0.25) is 4.79 Å². The van der Waals surface area contributed by atoms with Gasteiger partial charge in [-0.1, -0.05) is 43.2 Å². The van der Waals surface area contributed by atoms with Crippen molar-refractivity contribution in [1.29, 1.82) is 0 Å². The number of carbonyl (C=O) groups excluding carboxylic acids is 2. The number of allylic oxidation sites excluding steroid dienone is 4. The van der Waals surface area contributed by atoms with Crippen LogP contribution in [0.5, 0.6) is 0 Å². The van der Waals surface area contributed by atoms with Crippen LogP contribution in [0.2, 0.25) is 0 Å². The molecule has 31 heavy (non-hydrogen) atoms. The van der Waals surface area contributed by atoms with Crippen LogP contribution >= 0.6 is 0 Å². The standard InChI is InChI=1S/C25H40O6/c1-6-17(2)13-19(4)14-20(5)25-22(8-10-24(29)31-25)30-23(28)9-7-18(3)15-21(16-27)11-12-26/h6-7,9,15,19-22,25-27H,8,10-14,16H2,1-5H3/b9-7+,17-6+,18-15+/t19-,20+,21+,22+,25+/m0/s1. The molecule has 1 rings (SSSR count). The Morgan fingerprint density at radius 3 is 2.58 bits per heavy atom. The maximum Gasteiger partial charge on any atom is 0.331 e. The van der Waals surface area contributed by atoms with Crippen LogP contribution in [0.4, 0.5) is 0 Å². The minimum absolute atomic E-state index is 0.00630. The number of carbonyl (C=O) groups is 2. The van der Waals surface area contributed by atoms with Gasteiger partial charge >= 0.3 is 11.9 Å². The lowest BCUT2D eigenvalue weighted by atomic mass is 9.85. The molecule has 6 nitrogen and oxygen atoms in total. The molecule has 1 fully saturated rings. The van der Waals surface area contributed by atoms with Gasteiger partial charge in [0.2, 0.25) is 0 Å². The molecule has 5 atom stereocenters. The fraction of sp³-hybridized carbons (Fsp3) is 0.680. The highest BCUT2D eigenvalue weighted by atomic mass is 16.6. The summed E-state index contributed by atoms with van der Waals surface area (Å²) in [5.41, 5.74) is 2.14. The van der Waals surface area contributed by atoms with Gasteiger partial charge in [-0.25, -0.2) is 4.79 Å². The average Bonchev–Trinajstić information content (AvgIpc) is 2.72. The van der Waals surface area contributed by atoms with E-state index in [0.717, 1.165) is 18.4 Å². The minimum atomic E-state index is -0.478. The SMILES string of the molecule is C/C=C(\C)C[C@H](C)C[C@@H](C)[C@H]1OC(=O)CC[C@H]1OC(=O)/C=C/C(C)=C/[C@H](CO)CCO. The van der Waals surface area contributed by atoms with Crippen molar-refractivity contribution in [2.45, 2.75) is 78.9 Å². The largest absolute Gasteiger partial charge is 0.458 e. The quantitative estimate of drug-likeness (QED) is 0.207. The Bertz CT molecular complexity index is 663. The van der Waals surface area contributed by atoms with Gasteiger partial charge in [0.05, 0.1) is 0 Å². The van der Waals surface area contributed by atoms with E-state index in [-0.39, 0.29) is 37.4 Å². The first-order valence-electron chi connectivity index (χ1n) is 11.3. The highest BCUT2D eigenvalue weighted by molar-refractivity contribution is 5.82. The van der Waals surface area contributed by atoms with Crippen LogP contribution in [0.1, 0.15) is 66.7 Å². The van der Waals surface area contributed by atoms with Crippen molar-refractivity contribution in [3.63, 3.8) is 0 Å². The number of aliphatic hydroxyl groups is 2. The molecule has 0 aromatic rings. The normalized spacial score (nSPS) is 23.4. The number of esters is 2. The van der Waals surface area contributed by atoms with Crippen molar-refractivity contribution < 1.29 is 29.3 Å². The molecule has 1 aliphatic rings. The number of aliphatic hydroxyl groups excluding tert-OH is 2. The number of cyclic esters (lactones) is 1. The molecule has 0 radical (unpaired) electrons. The number of ether oxygens (including phenoxy) is 2. The molecule has 0 aromatic carbocycles. The van der Waals surface area contributed by atoms with Crippen LogP contribution in [0, 0.1) is 17.8 Å². The third-order valence-electron chi connectivity index (χ3n) is 5.75. The molecular formula is C25H40O6. The lowest BCUT2D eigenvalue weighted by molar-refractivity contribution is -0.180. The van der Waals surface area contributed by atoms with E-state index >= 15 is 0 Å². The van der Waals surface area contributed by atoms with Crippen molar-refractivity contribution >= 4 is 11.9 Å². The maximum absolute atomic E-state index is 12.4. The Hall–Kier alpha value is -1.92. The summed E-state index contributed by atoms with van der Waals surface area (Å²) in [5, 5.41) is 18.3. The molecule has 1 saturated heterocycles. The first-order valence-corrected chi connectivity index (χ1v) is 11.3. The molecule has 0 amide bonds. The minimum Gasteiger partial charge on any atom is -0.458 e. The third-order valence-corrected chi connectivity index (χ3v) is 5.75. The predicted octanol–water partition coefficient (Wildman–Crippen LogP) is 4.12. The van der Waals surface area contributed by atoms with Gasteiger partial charge in [-0.05, 0) is 58.3 Å². The van der Waals surface area contributed by atoms with Crippen molar-refractivity contribution in [3.05, 3.63) is 35.5 Å². The lowest BCUT2D eigenvalue weighted by Gasteiger charge is -2.35. The van der Waals surface area contributed by atoms with Gasteiger partial charge in [0.25, 0.3) is 0 Å². The molecule has 0 saturated carbocycles. The molecule has 2 N–H and O–H groups in total. The zero-order valence-corrected chi connectivity index (χ0v) is 19.7. The topological polar surface area (TPSA) is 93.1 Å². The molecule has 1 aliphatic heterocycles. The summed E-state index contributed by atoms with van der Waals surface area (Å²) in [5.74, 6) is -0.352. The molecular weight excluding hydrogens is 396 g/mol. The van der Waals surface area contributed by atoms with Crippen LogP contribution in [-0.4, -0.2) is 47.6 Å². The van der Waals surface area contributed by atoms with Gasteiger partial charge in [-0.2, -0.15) is 0 Å². The zero-order valence-electron chi connectivity index (χ0n) is 19.7. The van der Waals surface area contributed by atoms with Gasteiger partial charge in [0, 0.05) is 31.6 Å². The molecule has 0 aliphatic carbocycles. The van der Waals surface area contributed by atoms with Crippen LogP contribution in [0.25, 0.3) is 0 Å². The Kier molecular flexibility index (Phi) is 12.4. The zero-order chi connectivity index (χ0) is 23.4. The first kappa shape index (κ1) is 27.1. The molecule has 1 heterocycles. The summed E-state index contributed by atoms with van der Waals surface area (Å²) >= 11 is 0. The Morgan fingerprint density at radius 1 is 1.26 bits per heavy atom. The van der Waals surface area contributed by atoms with Gasteiger partial charge in [0.15, 0.2) is 0 Å². The van der Waals surface area contributed by atoms with E-state index in [1.807, 2.05) is 26.8 Å². The van der Waals surface area contributed by atoms with Crippen LogP contribution < -0.4 is 0 Å². The van der Waals surface area contributed by atoms with E-state index in [9.17, 15) is 14.7 Å². The Balaban J connectivity index is 2.73. The summed E-state index contributed by atoms with van der Waals surface area (Å²) in [6, 6.07) is 0. The van der Waals surface area contributed by atoms with Crippen LogP contribution in [-0.2, 0) is 19.1 Å². The van der Waals surface area contributed by atoms with Gasteiger partial charge in [-0.15, -0.1) is 0 Å². The van der Waals surface area contributed by atoms with Gasteiger partial charge in [0.1, 0.15) is 12.2 Å². The lowest BCUT2D eigenvalue weighted by Crippen LogP contribution is -2.43. The van der Waals surface area contributed by atoms with E-state index in [2.05, 4.69) is 19.9 Å². The molecule has 176 valence electrons. The third kappa shape index (κ3) is 10.3. The summed E-state index contributed by atoms with van der Waals surface area (Å²) in [6.07, 6.45) is 9.08. The second-order valence-corrected chi connectivity index (χ2v) is 8.82. The Labute approximate surface area is 187 Å². The smallest absolute Gasteiger partial charge is 0.331 e. The Morgan fingerprint density at radius 2 is 1.97 bits per heavy atom. The summed E-state index contributed by atoms with van der Waals surface area (Å²) in [6.45, 7) is 10.1. The fourth-order valence-corrected chi connectivity index (χ4v) is 4.05. The highest BCUT2D eigenvalue weighted by Gasteiger charge is 2.37. The molecule has 0 spiro atoms. The van der Waals surface area contributed by atoms with Gasteiger partial charge < -0.3 is 19.7 Å². The van der Waals surface area contributed by atoms with E-state index in [4.69, 9.17) is 14.6 Å². The second-order valence-electron chi connectivity index (χ2n) is 8.82. The summed E-state index contributed by atoms with van der Waals surface area (Å²) in [4.78, 5) is 24.3. The molecule has 6 heteroatoms. The monoisotopic (exact) mass is 436 g/mol. The van der Waals surface area contributed by atoms with Crippen LogP contribution in [0.3, 0.4) is 0 Å². The van der Waals surface area contributed by atoms with Crippen LogP contribution in [0.15, 0.2) is 35.5 Å². The van der Waals surface area contributed by atoms with E-state index < -0.39 is 18.2 Å².